The molecule has 1 aromatic rings. The molecule has 4 rings (SSSR count). The van der Waals surface area contributed by atoms with Crippen LogP contribution in [0.3, 0.4) is 0 Å². The molecule has 0 radical (unpaired) electrons. The maximum atomic E-state index is 5.98. The van der Waals surface area contributed by atoms with E-state index in [4.69, 9.17) is 18.9 Å². The molecule has 0 spiro atoms. The summed E-state index contributed by atoms with van der Waals surface area (Å²) in [6.45, 7) is 9.65. The van der Waals surface area contributed by atoms with Crippen LogP contribution in [0.4, 0.5) is 0 Å². The Morgan fingerprint density at radius 3 is 2.66 bits per heavy atom. The molecule has 1 N–H and O–H groups in total. The molecule has 0 saturated carbocycles. The van der Waals surface area contributed by atoms with Crippen LogP contribution in [-0.4, -0.2) is 76.2 Å². The molecule has 0 bridgehead atoms. The first-order chi connectivity index (χ1) is 14.1. The van der Waals surface area contributed by atoms with Gasteiger partial charge in [-0.25, -0.2) is 0 Å². The van der Waals surface area contributed by atoms with Gasteiger partial charge in [-0.2, -0.15) is 0 Å². The van der Waals surface area contributed by atoms with E-state index in [-0.39, 0.29) is 17.6 Å². The van der Waals surface area contributed by atoms with E-state index in [9.17, 15) is 0 Å². The van der Waals surface area contributed by atoms with Crippen LogP contribution < -0.4 is 14.8 Å². The van der Waals surface area contributed by atoms with Crippen LogP contribution in [0, 0.1) is 0 Å². The number of benzene rings is 1. The van der Waals surface area contributed by atoms with Gasteiger partial charge in [0, 0.05) is 38.7 Å². The van der Waals surface area contributed by atoms with Crippen LogP contribution in [0.5, 0.6) is 11.5 Å². The minimum atomic E-state index is -0.0912. The summed E-state index contributed by atoms with van der Waals surface area (Å²) >= 11 is 0. The first-order valence-corrected chi connectivity index (χ1v) is 10.7. The molecular formula is C22H33N3O4. The second kappa shape index (κ2) is 8.79. The zero-order valence-electron chi connectivity index (χ0n) is 17.8. The van der Waals surface area contributed by atoms with Crippen molar-refractivity contribution in [3.8, 4) is 11.5 Å². The number of nitrogens with one attached hydrogen (secondary N) is 1. The number of rotatable bonds is 4. The van der Waals surface area contributed by atoms with Crippen LogP contribution in [0.2, 0.25) is 0 Å². The number of fused-ring (bicyclic) bond motifs is 1. The van der Waals surface area contributed by atoms with E-state index in [2.05, 4.69) is 41.2 Å². The average Bonchev–Trinajstić information content (AvgIpc) is 3.29. The predicted molar refractivity (Wildman–Crippen MR) is 112 cm³/mol. The zero-order valence-corrected chi connectivity index (χ0v) is 17.8. The molecule has 1 aromatic carbocycles. The molecule has 160 valence electrons. The Kier molecular flexibility index (Phi) is 6.15. The van der Waals surface area contributed by atoms with Gasteiger partial charge in [-0.15, -0.1) is 0 Å². The van der Waals surface area contributed by atoms with Crippen molar-refractivity contribution < 1.29 is 18.9 Å². The summed E-state index contributed by atoms with van der Waals surface area (Å²) in [6.07, 6.45) is 2.55. The summed E-state index contributed by atoms with van der Waals surface area (Å²) in [6, 6.07) is 6.23. The molecule has 0 aromatic heterocycles. The molecule has 3 heterocycles. The normalized spacial score (nSPS) is 25.2. The second-order valence-electron chi connectivity index (χ2n) is 8.55. The molecule has 2 saturated heterocycles. The number of nitrogens with zero attached hydrogens (tertiary/aromatic N) is 2. The molecule has 0 aliphatic carbocycles. The Balaban J connectivity index is 1.38. The van der Waals surface area contributed by atoms with Gasteiger partial charge < -0.3 is 29.2 Å². The SMILES string of the molecule is CN=C(NCC(C)(C)c1ccc2c(c1)OCCO2)N1CCOC(C2CCCO2)C1. The Morgan fingerprint density at radius 2 is 1.90 bits per heavy atom. The van der Waals surface area contributed by atoms with Gasteiger partial charge in [0.2, 0.25) is 0 Å². The highest BCUT2D eigenvalue weighted by Gasteiger charge is 2.33. The van der Waals surface area contributed by atoms with Crippen LogP contribution in [0.15, 0.2) is 23.2 Å². The number of ether oxygens (including phenoxy) is 4. The summed E-state index contributed by atoms with van der Waals surface area (Å²) in [5, 5.41) is 3.58. The standard InChI is InChI=1S/C22H33N3O4/c1-22(2,16-6-7-18-19(13-16)29-12-11-28-18)15-24-21(23-3)25-8-10-27-20(14-25)17-5-4-9-26-17/h6-7,13,17,20H,4-5,8-12,14-15H2,1-3H3,(H,23,24). The van der Waals surface area contributed by atoms with Crippen molar-refractivity contribution in [2.24, 2.45) is 4.99 Å². The molecule has 0 amide bonds. The third-order valence-corrected chi connectivity index (χ3v) is 6.00. The number of morpholine rings is 1. The van der Waals surface area contributed by atoms with Crippen molar-refractivity contribution in [3.63, 3.8) is 0 Å². The molecular weight excluding hydrogens is 370 g/mol. The smallest absolute Gasteiger partial charge is 0.193 e. The van der Waals surface area contributed by atoms with Gasteiger partial charge in [0.15, 0.2) is 17.5 Å². The highest BCUT2D eigenvalue weighted by molar-refractivity contribution is 5.80. The number of hydrogen-bond donors (Lipinski definition) is 1. The molecule has 3 aliphatic heterocycles. The van der Waals surface area contributed by atoms with Crippen LogP contribution in [-0.2, 0) is 14.9 Å². The van der Waals surface area contributed by atoms with Gasteiger partial charge in [-0.3, -0.25) is 4.99 Å². The van der Waals surface area contributed by atoms with Crippen LogP contribution in [0.25, 0.3) is 0 Å². The summed E-state index contributed by atoms with van der Waals surface area (Å²) < 4.78 is 23.2. The molecule has 7 nitrogen and oxygen atoms in total. The second-order valence-corrected chi connectivity index (χ2v) is 8.55. The monoisotopic (exact) mass is 403 g/mol. The van der Waals surface area contributed by atoms with Gasteiger partial charge >= 0.3 is 0 Å². The van der Waals surface area contributed by atoms with E-state index in [0.29, 0.717) is 19.8 Å². The fourth-order valence-electron chi connectivity index (χ4n) is 4.19. The van der Waals surface area contributed by atoms with Crippen LogP contribution >= 0.6 is 0 Å². The van der Waals surface area contributed by atoms with Crippen molar-refractivity contribution >= 4 is 5.96 Å². The summed E-state index contributed by atoms with van der Waals surface area (Å²) in [5.41, 5.74) is 1.12. The topological polar surface area (TPSA) is 64.6 Å². The van der Waals surface area contributed by atoms with E-state index in [1.165, 1.54) is 5.56 Å². The lowest BCUT2D eigenvalue weighted by atomic mass is 9.84. The first-order valence-electron chi connectivity index (χ1n) is 10.7. The van der Waals surface area contributed by atoms with E-state index in [0.717, 1.165) is 56.5 Å². The Hall–Kier alpha value is -1.99. The lowest BCUT2D eigenvalue weighted by molar-refractivity contribution is -0.0817. The number of hydrogen-bond acceptors (Lipinski definition) is 5. The fraction of sp³-hybridized carbons (Fsp3) is 0.682. The van der Waals surface area contributed by atoms with Gasteiger partial charge in [-0.05, 0) is 30.5 Å². The fourth-order valence-corrected chi connectivity index (χ4v) is 4.19. The Bertz CT molecular complexity index is 731. The molecule has 2 atom stereocenters. The highest BCUT2D eigenvalue weighted by Crippen LogP contribution is 2.35. The molecule has 2 unspecified atom stereocenters. The largest absolute Gasteiger partial charge is 0.486 e. The lowest BCUT2D eigenvalue weighted by Gasteiger charge is -2.38. The van der Waals surface area contributed by atoms with Gasteiger partial charge in [0.25, 0.3) is 0 Å². The Morgan fingerprint density at radius 1 is 1.10 bits per heavy atom. The zero-order chi connectivity index (χ0) is 20.3. The summed E-state index contributed by atoms with van der Waals surface area (Å²) in [4.78, 5) is 6.82. The van der Waals surface area contributed by atoms with Crippen LogP contribution in [0.1, 0.15) is 32.3 Å². The molecule has 29 heavy (non-hydrogen) atoms. The minimum Gasteiger partial charge on any atom is -0.486 e. The van der Waals surface area contributed by atoms with Crippen molar-refractivity contribution in [1.82, 2.24) is 10.2 Å². The third kappa shape index (κ3) is 4.61. The van der Waals surface area contributed by atoms with E-state index in [1.54, 1.807) is 0 Å². The van der Waals surface area contributed by atoms with Crippen molar-refractivity contribution in [2.45, 2.75) is 44.3 Å². The minimum absolute atomic E-state index is 0.0912. The number of guanidine groups is 1. The number of aliphatic imine (C=N–C) groups is 1. The Labute approximate surface area is 173 Å². The maximum Gasteiger partial charge on any atom is 0.193 e. The maximum absolute atomic E-state index is 5.98. The first kappa shape index (κ1) is 20.3. The van der Waals surface area contributed by atoms with Gasteiger partial charge in [-0.1, -0.05) is 19.9 Å². The third-order valence-electron chi connectivity index (χ3n) is 6.00. The molecule has 3 aliphatic rings. The predicted octanol–water partition coefficient (Wildman–Crippen LogP) is 2.19. The summed E-state index contributed by atoms with van der Waals surface area (Å²) in [7, 11) is 1.84. The van der Waals surface area contributed by atoms with E-state index < -0.39 is 0 Å². The van der Waals surface area contributed by atoms with Crippen molar-refractivity contribution in [2.75, 3.05) is 53.1 Å². The van der Waals surface area contributed by atoms with Gasteiger partial charge in [0.1, 0.15) is 19.3 Å². The van der Waals surface area contributed by atoms with E-state index in [1.807, 2.05) is 13.1 Å². The summed E-state index contributed by atoms with van der Waals surface area (Å²) in [5.74, 6) is 2.58. The molecule has 7 heteroatoms. The average molecular weight is 404 g/mol. The van der Waals surface area contributed by atoms with Gasteiger partial charge in [0.05, 0.1) is 12.7 Å². The van der Waals surface area contributed by atoms with Crippen molar-refractivity contribution in [3.05, 3.63) is 23.8 Å². The molecule has 2 fully saturated rings. The lowest BCUT2D eigenvalue weighted by Crippen LogP contribution is -2.54. The highest BCUT2D eigenvalue weighted by atomic mass is 16.6. The quantitative estimate of drug-likeness (QED) is 0.614. The van der Waals surface area contributed by atoms with E-state index >= 15 is 0 Å². The van der Waals surface area contributed by atoms with Crippen molar-refractivity contribution in [1.29, 1.82) is 0 Å².